The summed E-state index contributed by atoms with van der Waals surface area (Å²) in [5.41, 5.74) is 0. The number of amides is 1. The summed E-state index contributed by atoms with van der Waals surface area (Å²) in [4.78, 5) is 16.9. The van der Waals surface area contributed by atoms with Crippen LogP contribution in [0, 0.1) is 5.92 Å². The Labute approximate surface area is 117 Å². The smallest absolute Gasteiger partial charge is 0.239 e. The van der Waals surface area contributed by atoms with E-state index < -0.39 is 0 Å². The predicted molar refractivity (Wildman–Crippen MR) is 78.1 cm³/mol. The zero-order chi connectivity index (χ0) is 13.8. The van der Waals surface area contributed by atoms with Gasteiger partial charge in [0.05, 0.1) is 6.04 Å². The number of nitrogens with one attached hydrogen (secondary N) is 1. The fourth-order valence-electron chi connectivity index (χ4n) is 3.38. The lowest BCUT2D eigenvalue weighted by Gasteiger charge is -2.38. The molecule has 110 valence electrons. The molecule has 4 heteroatoms. The number of carbonyl (C=O) groups is 1. The van der Waals surface area contributed by atoms with Crippen molar-refractivity contribution in [1.29, 1.82) is 0 Å². The number of likely N-dealkylation sites (tertiary alicyclic amines) is 1. The molecule has 2 unspecified atom stereocenters. The van der Waals surface area contributed by atoms with Crippen LogP contribution in [-0.4, -0.2) is 61.5 Å². The van der Waals surface area contributed by atoms with Gasteiger partial charge in [0, 0.05) is 19.1 Å². The van der Waals surface area contributed by atoms with Crippen LogP contribution in [0.4, 0.5) is 0 Å². The molecule has 0 bridgehead atoms. The van der Waals surface area contributed by atoms with Crippen molar-refractivity contribution in [2.75, 3.05) is 33.7 Å². The van der Waals surface area contributed by atoms with Crippen LogP contribution in [0.5, 0.6) is 0 Å². The Morgan fingerprint density at radius 1 is 1.26 bits per heavy atom. The van der Waals surface area contributed by atoms with E-state index in [9.17, 15) is 4.79 Å². The van der Waals surface area contributed by atoms with Gasteiger partial charge >= 0.3 is 0 Å². The van der Waals surface area contributed by atoms with Gasteiger partial charge in [-0.3, -0.25) is 4.79 Å². The minimum atomic E-state index is 0.0783. The minimum absolute atomic E-state index is 0.0783. The Morgan fingerprint density at radius 3 is 2.53 bits per heavy atom. The highest BCUT2D eigenvalue weighted by Gasteiger charge is 2.31. The maximum atomic E-state index is 12.5. The van der Waals surface area contributed by atoms with E-state index in [1.54, 1.807) is 0 Å². The molecule has 0 saturated carbocycles. The zero-order valence-electron chi connectivity index (χ0n) is 12.7. The van der Waals surface area contributed by atoms with Crippen molar-refractivity contribution < 1.29 is 4.79 Å². The standard InChI is InChI=1S/C15H29N3O/c1-4-12-5-8-16-14(11-12)15(19)18-9-6-13(7-10-18)17(2)3/h12-14,16H,4-11H2,1-3H3. The topological polar surface area (TPSA) is 35.6 Å². The molecule has 0 aliphatic carbocycles. The lowest BCUT2D eigenvalue weighted by Crippen LogP contribution is -2.53. The average Bonchev–Trinajstić information content (AvgIpc) is 2.46. The normalized spacial score (nSPS) is 29.8. The summed E-state index contributed by atoms with van der Waals surface area (Å²) in [6.07, 6.45) is 5.69. The molecule has 0 radical (unpaired) electrons. The van der Waals surface area contributed by atoms with Gasteiger partial charge < -0.3 is 15.1 Å². The summed E-state index contributed by atoms with van der Waals surface area (Å²) >= 11 is 0. The SMILES string of the molecule is CCC1CCNC(C(=O)N2CCC(N(C)C)CC2)C1. The summed E-state index contributed by atoms with van der Waals surface area (Å²) in [5.74, 6) is 1.07. The van der Waals surface area contributed by atoms with Crippen molar-refractivity contribution >= 4 is 5.91 Å². The summed E-state index contributed by atoms with van der Waals surface area (Å²) < 4.78 is 0. The van der Waals surface area contributed by atoms with Crippen LogP contribution in [0.2, 0.25) is 0 Å². The third kappa shape index (κ3) is 3.69. The van der Waals surface area contributed by atoms with Crippen LogP contribution in [0.25, 0.3) is 0 Å². The van der Waals surface area contributed by atoms with E-state index in [1.165, 1.54) is 12.8 Å². The molecule has 2 fully saturated rings. The molecule has 1 N–H and O–H groups in total. The van der Waals surface area contributed by atoms with Gasteiger partial charge in [-0.15, -0.1) is 0 Å². The monoisotopic (exact) mass is 267 g/mol. The molecule has 2 saturated heterocycles. The molecule has 2 aliphatic rings. The minimum Gasteiger partial charge on any atom is -0.341 e. The molecular weight excluding hydrogens is 238 g/mol. The Bertz CT molecular complexity index is 298. The first-order chi connectivity index (χ1) is 9.11. The van der Waals surface area contributed by atoms with Crippen molar-refractivity contribution in [2.24, 2.45) is 5.92 Å². The maximum Gasteiger partial charge on any atom is 0.239 e. The number of hydrogen-bond acceptors (Lipinski definition) is 3. The number of rotatable bonds is 3. The van der Waals surface area contributed by atoms with E-state index >= 15 is 0 Å². The molecule has 2 heterocycles. The molecule has 4 nitrogen and oxygen atoms in total. The summed E-state index contributed by atoms with van der Waals surface area (Å²) in [5, 5.41) is 3.41. The molecular formula is C15H29N3O. The highest BCUT2D eigenvalue weighted by Crippen LogP contribution is 2.22. The van der Waals surface area contributed by atoms with Gasteiger partial charge in [-0.1, -0.05) is 13.3 Å². The first-order valence-corrected chi connectivity index (χ1v) is 7.80. The van der Waals surface area contributed by atoms with Gasteiger partial charge in [0.15, 0.2) is 0 Å². The molecule has 2 atom stereocenters. The molecule has 2 aliphatic heterocycles. The Morgan fingerprint density at radius 2 is 1.95 bits per heavy atom. The Hall–Kier alpha value is -0.610. The lowest BCUT2D eigenvalue weighted by atomic mass is 9.89. The first-order valence-electron chi connectivity index (χ1n) is 7.80. The second kappa shape index (κ2) is 6.71. The Balaban J connectivity index is 1.83. The van der Waals surface area contributed by atoms with E-state index in [0.717, 1.165) is 44.8 Å². The van der Waals surface area contributed by atoms with Gasteiger partial charge in [0.2, 0.25) is 5.91 Å². The van der Waals surface area contributed by atoms with E-state index in [-0.39, 0.29) is 6.04 Å². The molecule has 1 amide bonds. The van der Waals surface area contributed by atoms with Crippen molar-refractivity contribution in [2.45, 2.75) is 51.1 Å². The van der Waals surface area contributed by atoms with Gasteiger partial charge in [-0.25, -0.2) is 0 Å². The zero-order valence-corrected chi connectivity index (χ0v) is 12.7. The van der Waals surface area contributed by atoms with Crippen molar-refractivity contribution in [1.82, 2.24) is 15.1 Å². The van der Waals surface area contributed by atoms with E-state index in [2.05, 4.69) is 36.1 Å². The quantitative estimate of drug-likeness (QED) is 0.837. The second-order valence-electron chi connectivity index (χ2n) is 6.33. The summed E-state index contributed by atoms with van der Waals surface area (Å²) in [6, 6.07) is 0.723. The lowest BCUT2D eigenvalue weighted by molar-refractivity contribution is -0.136. The van der Waals surface area contributed by atoms with Gasteiger partial charge in [-0.2, -0.15) is 0 Å². The second-order valence-corrected chi connectivity index (χ2v) is 6.33. The highest BCUT2D eigenvalue weighted by atomic mass is 16.2. The number of hydrogen-bond donors (Lipinski definition) is 1. The summed E-state index contributed by atoms with van der Waals surface area (Å²) in [7, 11) is 4.27. The maximum absolute atomic E-state index is 12.5. The first kappa shape index (κ1) is 14.8. The molecule has 19 heavy (non-hydrogen) atoms. The van der Waals surface area contributed by atoms with Crippen molar-refractivity contribution in [3.8, 4) is 0 Å². The average molecular weight is 267 g/mol. The van der Waals surface area contributed by atoms with Crippen molar-refractivity contribution in [3.05, 3.63) is 0 Å². The molecule has 0 spiro atoms. The predicted octanol–water partition coefficient (Wildman–Crippen LogP) is 1.32. The largest absolute Gasteiger partial charge is 0.341 e. The molecule has 0 aromatic rings. The molecule has 0 aromatic heterocycles. The van der Waals surface area contributed by atoms with Crippen LogP contribution in [0.15, 0.2) is 0 Å². The fraction of sp³-hybridized carbons (Fsp3) is 0.933. The molecule has 0 aromatic carbocycles. The Kier molecular flexibility index (Phi) is 5.22. The number of nitrogens with zero attached hydrogens (tertiary/aromatic N) is 2. The third-order valence-electron chi connectivity index (χ3n) is 4.89. The van der Waals surface area contributed by atoms with Crippen LogP contribution in [0.1, 0.15) is 39.0 Å². The van der Waals surface area contributed by atoms with Gasteiger partial charge in [0.25, 0.3) is 0 Å². The van der Waals surface area contributed by atoms with Crippen molar-refractivity contribution in [3.63, 3.8) is 0 Å². The van der Waals surface area contributed by atoms with E-state index in [4.69, 9.17) is 0 Å². The van der Waals surface area contributed by atoms with Crippen LogP contribution < -0.4 is 5.32 Å². The van der Waals surface area contributed by atoms with Crippen LogP contribution >= 0.6 is 0 Å². The number of carbonyl (C=O) groups excluding carboxylic acids is 1. The number of piperidine rings is 2. The molecule has 2 rings (SSSR count). The summed E-state index contributed by atoms with van der Waals surface area (Å²) in [6.45, 7) is 5.09. The highest BCUT2D eigenvalue weighted by molar-refractivity contribution is 5.82. The van der Waals surface area contributed by atoms with E-state index in [0.29, 0.717) is 11.9 Å². The third-order valence-corrected chi connectivity index (χ3v) is 4.89. The fourth-order valence-corrected chi connectivity index (χ4v) is 3.38. The van der Waals surface area contributed by atoms with Crippen LogP contribution in [-0.2, 0) is 4.79 Å². The van der Waals surface area contributed by atoms with E-state index in [1.807, 2.05) is 0 Å². The van der Waals surface area contributed by atoms with Gasteiger partial charge in [-0.05, 0) is 52.2 Å². The van der Waals surface area contributed by atoms with Crippen LogP contribution in [0.3, 0.4) is 0 Å². The van der Waals surface area contributed by atoms with Gasteiger partial charge in [0.1, 0.15) is 0 Å².